The number of nitrogens with zero attached hydrogens (tertiary/aromatic N) is 6. The summed E-state index contributed by atoms with van der Waals surface area (Å²) in [6, 6.07) is -0.889. The van der Waals surface area contributed by atoms with Gasteiger partial charge in [-0.1, -0.05) is 28.3 Å². The quantitative estimate of drug-likeness (QED) is 0.218. The van der Waals surface area contributed by atoms with E-state index in [1.54, 1.807) is 11.7 Å². The minimum atomic E-state index is -4.65. The van der Waals surface area contributed by atoms with Gasteiger partial charge in [0.15, 0.2) is 9.47 Å². The number of β-lactam (4-membered cyclic amide) rings is 1. The average Bonchev–Trinajstić information content (AvgIpc) is 3.44. The molecule has 1 saturated heterocycles. The average molecular weight is 539 g/mol. The van der Waals surface area contributed by atoms with Gasteiger partial charge in [0.2, 0.25) is 18.1 Å². The topological polar surface area (TPSA) is 149 Å². The molecule has 18 heteroatoms. The standard InChI is InChI=1S/C15H13F3N8O3S4/c16-15(17,18)4-29-24-7(9-22-13(19)33-25-9)10(27)21-8-11(28)26-1-6(2-30-12(8)26)3-31-14-23-20-5-32-14/h1,5,8,12H,2-4H2,(H,21,27)(H2,19,22,25)/t8?,12-/m0/s1. The third kappa shape index (κ3) is 5.74. The van der Waals surface area contributed by atoms with Crippen LogP contribution in [0.3, 0.4) is 0 Å². The van der Waals surface area contributed by atoms with Crippen LogP contribution in [0.25, 0.3) is 0 Å². The second-order valence-corrected chi connectivity index (χ2v) is 10.4. The first kappa shape index (κ1) is 23.7. The maximum Gasteiger partial charge on any atom is 0.425 e. The summed E-state index contributed by atoms with van der Waals surface area (Å²) in [5.74, 6) is -0.338. The lowest BCUT2D eigenvalue weighted by Crippen LogP contribution is -2.69. The van der Waals surface area contributed by atoms with Crippen LogP contribution in [0.2, 0.25) is 0 Å². The molecule has 2 aliphatic rings. The molecule has 1 fully saturated rings. The zero-order valence-corrected chi connectivity index (χ0v) is 19.4. The van der Waals surface area contributed by atoms with Crippen molar-refractivity contribution in [3.8, 4) is 0 Å². The molecular weight excluding hydrogens is 525 g/mol. The number of aromatic nitrogens is 4. The number of nitrogens with two attached hydrogens (primary N) is 1. The number of nitrogen functional groups attached to an aromatic ring is 1. The van der Waals surface area contributed by atoms with Gasteiger partial charge in [-0.2, -0.15) is 22.5 Å². The lowest BCUT2D eigenvalue weighted by Gasteiger charge is -2.47. The Kier molecular flexibility index (Phi) is 7.05. The van der Waals surface area contributed by atoms with Crippen molar-refractivity contribution in [3.05, 3.63) is 23.1 Å². The number of oxime groups is 1. The van der Waals surface area contributed by atoms with E-state index in [2.05, 4.69) is 34.9 Å². The normalized spacial score (nSPS) is 20.7. The number of hydrogen-bond acceptors (Lipinski definition) is 13. The van der Waals surface area contributed by atoms with Gasteiger partial charge in [0.1, 0.15) is 16.9 Å². The van der Waals surface area contributed by atoms with Crippen molar-refractivity contribution in [1.82, 2.24) is 29.8 Å². The SMILES string of the molecule is Nc1nc(C(=NOCC(F)(F)F)C(=O)NC2C(=O)N3C=C(CSc4nncs4)CS[C@@H]23)ns1. The highest BCUT2D eigenvalue weighted by molar-refractivity contribution is 8.01. The monoisotopic (exact) mass is 538 g/mol. The second kappa shape index (κ2) is 9.82. The summed E-state index contributed by atoms with van der Waals surface area (Å²) >= 11 is 5.11. The molecule has 0 saturated carbocycles. The van der Waals surface area contributed by atoms with Gasteiger partial charge in [0, 0.05) is 29.2 Å². The Morgan fingerprint density at radius 1 is 1.45 bits per heavy atom. The third-order valence-electron chi connectivity index (χ3n) is 4.10. The Hall–Kier alpha value is -2.44. The van der Waals surface area contributed by atoms with Crippen molar-refractivity contribution in [1.29, 1.82) is 0 Å². The van der Waals surface area contributed by atoms with E-state index in [0.29, 0.717) is 11.5 Å². The summed E-state index contributed by atoms with van der Waals surface area (Å²) in [6.45, 7) is -1.71. The molecule has 2 aliphatic heterocycles. The summed E-state index contributed by atoms with van der Waals surface area (Å²) in [5.41, 5.74) is 7.53. The van der Waals surface area contributed by atoms with Crippen molar-refractivity contribution in [2.75, 3.05) is 23.8 Å². The molecule has 0 bridgehead atoms. The van der Waals surface area contributed by atoms with Crippen LogP contribution in [-0.4, -0.2) is 77.7 Å². The summed E-state index contributed by atoms with van der Waals surface area (Å²) in [4.78, 5) is 34.8. The van der Waals surface area contributed by atoms with E-state index in [1.807, 2.05) is 0 Å². The van der Waals surface area contributed by atoms with E-state index in [4.69, 9.17) is 5.73 Å². The predicted molar refractivity (Wildman–Crippen MR) is 117 cm³/mol. The minimum absolute atomic E-state index is 0.0147. The minimum Gasteiger partial charge on any atom is -0.385 e. The van der Waals surface area contributed by atoms with Gasteiger partial charge in [-0.15, -0.1) is 22.0 Å². The van der Waals surface area contributed by atoms with E-state index < -0.39 is 30.4 Å². The molecule has 4 rings (SSSR count). The second-order valence-electron chi connectivity index (χ2n) is 6.46. The van der Waals surface area contributed by atoms with Crippen LogP contribution in [0.15, 0.2) is 26.8 Å². The summed E-state index contributed by atoms with van der Waals surface area (Å²) < 4.78 is 41.7. The molecule has 0 radical (unpaired) electrons. The first-order valence-corrected chi connectivity index (χ1v) is 12.6. The van der Waals surface area contributed by atoms with Gasteiger partial charge >= 0.3 is 6.18 Å². The van der Waals surface area contributed by atoms with Gasteiger partial charge in [0.05, 0.1) is 0 Å². The largest absolute Gasteiger partial charge is 0.425 e. The van der Waals surface area contributed by atoms with Crippen molar-refractivity contribution in [3.63, 3.8) is 0 Å². The molecule has 2 aromatic heterocycles. The molecule has 2 aromatic rings. The molecule has 2 atom stereocenters. The van der Waals surface area contributed by atoms with Gasteiger partial charge in [-0.3, -0.25) is 9.59 Å². The Morgan fingerprint density at radius 2 is 2.27 bits per heavy atom. The highest BCUT2D eigenvalue weighted by Crippen LogP contribution is 2.37. The summed E-state index contributed by atoms with van der Waals surface area (Å²) in [6.07, 6.45) is -2.91. The number of thioether (sulfide) groups is 2. The number of fused-ring (bicyclic) bond motifs is 1. The predicted octanol–water partition coefficient (Wildman–Crippen LogP) is 1.33. The summed E-state index contributed by atoms with van der Waals surface area (Å²) in [5, 5.41) is 13.1. The maximum absolute atomic E-state index is 12.7. The molecule has 4 heterocycles. The number of carbonyl (C=O) groups excluding carboxylic acids is 2. The van der Waals surface area contributed by atoms with E-state index in [9.17, 15) is 22.8 Å². The molecule has 0 aromatic carbocycles. The fraction of sp³-hybridized carbons (Fsp3) is 0.400. The van der Waals surface area contributed by atoms with Gasteiger partial charge in [-0.05, 0) is 5.57 Å². The van der Waals surface area contributed by atoms with Crippen LogP contribution in [0.5, 0.6) is 0 Å². The number of amides is 2. The lowest BCUT2D eigenvalue weighted by molar-refractivity contribution is -0.174. The Balaban J connectivity index is 1.40. The van der Waals surface area contributed by atoms with Gasteiger partial charge < -0.3 is 20.8 Å². The van der Waals surface area contributed by atoms with Crippen LogP contribution in [0.4, 0.5) is 18.3 Å². The molecule has 11 nitrogen and oxygen atoms in total. The van der Waals surface area contributed by atoms with Crippen molar-refractivity contribution in [2.24, 2.45) is 5.16 Å². The molecular formula is C15H13F3N8O3S4. The number of alkyl halides is 3. The van der Waals surface area contributed by atoms with E-state index in [1.165, 1.54) is 39.8 Å². The zero-order chi connectivity index (χ0) is 23.6. The lowest BCUT2D eigenvalue weighted by atomic mass is 10.1. The van der Waals surface area contributed by atoms with Crippen molar-refractivity contribution < 1.29 is 27.6 Å². The highest BCUT2D eigenvalue weighted by Gasteiger charge is 2.50. The van der Waals surface area contributed by atoms with Crippen LogP contribution < -0.4 is 11.1 Å². The maximum atomic E-state index is 12.7. The Labute approximate surface area is 200 Å². The van der Waals surface area contributed by atoms with E-state index in [-0.39, 0.29) is 22.2 Å². The number of rotatable bonds is 8. The van der Waals surface area contributed by atoms with Gasteiger partial charge in [-0.25, -0.2) is 0 Å². The molecule has 3 N–H and O–H groups in total. The first-order valence-electron chi connectivity index (χ1n) is 8.91. The van der Waals surface area contributed by atoms with Crippen LogP contribution >= 0.6 is 46.4 Å². The molecule has 0 spiro atoms. The Bertz CT molecular complexity index is 1090. The number of hydrogen-bond donors (Lipinski definition) is 2. The first-order chi connectivity index (χ1) is 15.7. The Morgan fingerprint density at radius 3 is 2.94 bits per heavy atom. The van der Waals surface area contributed by atoms with Crippen molar-refractivity contribution in [2.45, 2.75) is 21.9 Å². The van der Waals surface area contributed by atoms with Gasteiger partial charge in [0.25, 0.3) is 11.8 Å². The molecule has 2 amide bonds. The third-order valence-corrected chi connectivity index (χ3v) is 7.99. The molecule has 0 aliphatic carbocycles. The fourth-order valence-electron chi connectivity index (χ4n) is 2.71. The van der Waals surface area contributed by atoms with Crippen LogP contribution in [0.1, 0.15) is 5.82 Å². The summed E-state index contributed by atoms with van der Waals surface area (Å²) in [7, 11) is 0. The number of carbonyl (C=O) groups is 2. The van der Waals surface area contributed by atoms with Crippen LogP contribution in [0, 0.1) is 0 Å². The molecule has 176 valence electrons. The number of anilines is 1. The number of nitrogens with one attached hydrogen (secondary N) is 1. The van der Waals surface area contributed by atoms with E-state index >= 15 is 0 Å². The fourth-order valence-corrected chi connectivity index (χ4v) is 5.99. The van der Waals surface area contributed by atoms with E-state index in [0.717, 1.165) is 21.4 Å². The van der Waals surface area contributed by atoms with Crippen molar-refractivity contribution >= 4 is 69.1 Å². The van der Waals surface area contributed by atoms with Crippen LogP contribution in [-0.2, 0) is 14.4 Å². The molecule has 33 heavy (non-hydrogen) atoms. The molecule has 1 unspecified atom stereocenters. The smallest absolute Gasteiger partial charge is 0.385 e. The number of halogens is 3. The zero-order valence-electron chi connectivity index (χ0n) is 16.2. The highest BCUT2D eigenvalue weighted by atomic mass is 32.2.